The predicted molar refractivity (Wildman–Crippen MR) is 104 cm³/mol. The molecule has 1 fully saturated rings. The van der Waals surface area contributed by atoms with E-state index in [2.05, 4.69) is 20.9 Å². The van der Waals surface area contributed by atoms with Gasteiger partial charge in [0.15, 0.2) is 0 Å². The maximum absolute atomic E-state index is 14.3. The van der Waals surface area contributed by atoms with E-state index in [1.54, 1.807) is 5.32 Å². The molecule has 2 aromatic rings. The first-order valence-corrected chi connectivity index (χ1v) is 10.6. The summed E-state index contributed by atoms with van der Waals surface area (Å²) in [7, 11) is 0. The summed E-state index contributed by atoms with van der Waals surface area (Å²) in [5.74, 6) is -3.18. The van der Waals surface area contributed by atoms with Gasteiger partial charge in [-0.2, -0.15) is 26.3 Å². The van der Waals surface area contributed by atoms with Crippen LogP contribution < -0.4 is 10.6 Å². The van der Waals surface area contributed by atoms with Gasteiger partial charge in [0.2, 0.25) is 11.9 Å². The van der Waals surface area contributed by atoms with Gasteiger partial charge < -0.3 is 5.32 Å². The number of alkyl halides is 6. The molecule has 1 unspecified atom stereocenters. The number of carbonyl (C=O) groups is 2. The molecule has 1 aromatic heterocycles. The van der Waals surface area contributed by atoms with Gasteiger partial charge in [-0.15, -0.1) is 0 Å². The van der Waals surface area contributed by atoms with Crippen LogP contribution in [0.25, 0.3) is 11.0 Å². The molecule has 1 aliphatic carbocycles. The molecule has 0 bridgehead atoms. The maximum Gasteiger partial charge on any atom is 0.440 e. The van der Waals surface area contributed by atoms with Crippen LogP contribution in [0.15, 0.2) is 16.6 Å². The number of benzene rings is 1. The van der Waals surface area contributed by atoms with Crippen LogP contribution in [0.2, 0.25) is 0 Å². The van der Waals surface area contributed by atoms with Crippen molar-refractivity contribution in [2.24, 2.45) is 5.92 Å². The first-order chi connectivity index (χ1) is 14.8. The molecule has 174 valence electrons. The van der Waals surface area contributed by atoms with Crippen LogP contribution in [0.1, 0.15) is 44.1 Å². The van der Waals surface area contributed by atoms with Gasteiger partial charge in [0.25, 0.3) is 11.6 Å². The molecule has 2 N–H and O–H groups in total. The van der Waals surface area contributed by atoms with Crippen LogP contribution in [0.3, 0.4) is 0 Å². The number of amides is 2. The fourth-order valence-corrected chi connectivity index (χ4v) is 4.86. The van der Waals surface area contributed by atoms with Crippen molar-refractivity contribution in [3.8, 4) is 0 Å². The number of anilines is 1. The fourth-order valence-electron chi connectivity index (χ4n) is 4.41. The summed E-state index contributed by atoms with van der Waals surface area (Å²) in [5.41, 5.74) is -6.27. The Morgan fingerprint density at radius 1 is 1.22 bits per heavy atom. The molecule has 0 spiro atoms. The highest BCUT2D eigenvalue weighted by atomic mass is 79.9. The summed E-state index contributed by atoms with van der Waals surface area (Å²) in [6, 6.07) is 1.68. The van der Waals surface area contributed by atoms with Gasteiger partial charge in [-0.25, -0.2) is 4.98 Å². The highest BCUT2D eigenvalue weighted by molar-refractivity contribution is 9.10. The summed E-state index contributed by atoms with van der Waals surface area (Å²) >= 11 is 2.87. The lowest BCUT2D eigenvalue weighted by Gasteiger charge is -2.32. The second-order valence-electron chi connectivity index (χ2n) is 7.99. The van der Waals surface area contributed by atoms with E-state index in [0.717, 1.165) is 31.7 Å². The molecule has 32 heavy (non-hydrogen) atoms. The monoisotopic (exact) mass is 526 g/mol. The van der Waals surface area contributed by atoms with Crippen LogP contribution in [-0.4, -0.2) is 27.5 Å². The van der Waals surface area contributed by atoms with Gasteiger partial charge in [-0.1, -0.05) is 41.6 Å². The van der Waals surface area contributed by atoms with E-state index in [9.17, 15) is 35.9 Å². The molecule has 2 aliphatic rings. The minimum Gasteiger partial charge on any atom is -0.317 e. The van der Waals surface area contributed by atoms with Gasteiger partial charge >= 0.3 is 12.4 Å². The molecule has 1 aliphatic heterocycles. The lowest BCUT2D eigenvalue weighted by molar-refractivity contribution is -0.217. The molecule has 1 aromatic carbocycles. The van der Waals surface area contributed by atoms with E-state index in [1.807, 2.05) is 5.32 Å². The number of nitrogens with one attached hydrogen (secondary N) is 2. The molecule has 1 atom stereocenters. The summed E-state index contributed by atoms with van der Waals surface area (Å²) in [6.45, 7) is 0. The smallest absolute Gasteiger partial charge is 0.317 e. The zero-order chi connectivity index (χ0) is 23.5. The number of fused-ring (bicyclic) bond motifs is 3. The minimum atomic E-state index is -5.36. The van der Waals surface area contributed by atoms with E-state index in [-0.39, 0.29) is 21.4 Å². The molecule has 0 saturated heterocycles. The van der Waals surface area contributed by atoms with Gasteiger partial charge in [0.1, 0.15) is 5.52 Å². The van der Waals surface area contributed by atoms with E-state index in [0.29, 0.717) is 12.5 Å². The van der Waals surface area contributed by atoms with Crippen molar-refractivity contribution in [2.75, 3.05) is 5.32 Å². The number of halogens is 7. The van der Waals surface area contributed by atoms with Crippen molar-refractivity contribution in [3.05, 3.63) is 22.2 Å². The van der Waals surface area contributed by atoms with Gasteiger partial charge in [-0.05, 0) is 24.5 Å². The first kappa shape index (κ1) is 22.9. The summed E-state index contributed by atoms with van der Waals surface area (Å²) in [4.78, 5) is 28.6. The highest BCUT2D eigenvalue weighted by Crippen LogP contribution is 2.46. The quantitative estimate of drug-likeness (QED) is 0.546. The van der Waals surface area contributed by atoms with Crippen molar-refractivity contribution in [1.29, 1.82) is 0 Å². The number of rotatable bonds is 4. The van der Waals surface area contributed by atoms with E-state index in [1.165, 1.54) is 0 Å². The van der Waals surface area contributed by atoms with Crippen LogP contribution in [-0.2, 0) is 21.4 Å². The Labute approximate surface area is 185 Å². The largest absolute Gasteiger partial charge is 0.440 e. The van der Waals surface area contributed by atoms with Crippen molar-refractivity contribution >= 4 is 44.7 Å². The van der Waals surface area contributed by atoms with Crippen LogP contribution in [0, 0.1) is 5.92 Å². The first-order valence-electron chi connectivity index (χ1n) is 9.83. The number of imidazole rings is 1. The normalized spacial score (nSPS) is 21.8. The van der Waals surface area contributed by atoms with Crippen molar-refractivity contribution in [2.45, 2.75) is 56.5 Å². The van der Waals surface area contributed by atoms with Gasteiger partial charge in [0, 0.05) is 10.9 Å². The molecule has 6 nitrogen and oxygen atoms in total. The molecular formula is C19H17BrF6N4O2. The molecule has 2 heterocycles. The molecule has 0 radical (unpaired) electrons. The number of nitrogens with zero attached hydrogens (tertiary/aromatic N) is 2. The number of aromatic nitrogens is 2. The Kier molecular flexibility index (Phi) is 5.45. The topological polar surface area (TPSA) is 76.0 Å². The van der Waals surface area contributed by atoms with E-state index >= 15 is 0 Å². The Balaban J connectivity index is 1.81. The average Bonchev–Trinajstić information content (AvgIpc) is 3.35. The van der Waals surface area contributed by atoms with Crippen molar-refractivity contribution < 1.29 is 35.9 Å². The summed E-state index contributed by atoms with van der Waals surface area (Å²) in [5, 5.41) is 3.65. The zero-order valence-electron chi connectivity index (χ0n) is 16.3. The third-order valence-corrected chi connectivity index (χ3v) is 6.36. The SMILES string of the molecule is O=C(CCC1CCCC1)NC1(C(F)(F)F)C(=O)Nc2nc3c(C(F)(F)F)cc(Br)cc3n21. The lowest BCUT2D eigenvalue weighted by atomic mass is 10.0. The second-order valence-corrected chi connectivity index (χ2v) is 8.90. The predicted octanol–water partition coefficient (Wildman–Crippen LogP) is 5.07. The Hall–Kier alpha value is -2.31. The summed E-state index contributed by atoms with van der Waals surface area (Å²) < 4.78 is 83.5. The Morgan fingerprint density at radius 2 is 1.88 bits per heavy atom. The molecule has 4 rings (SSSR count). The fraction of sp³-hybridized carbons (Fsp3) is 0.526. The Bertz CT molecular complexity index is 1090. The number of carbonyl (C=O) groups excluding carboxylic acids is 2. The van der Waals surface area contributed by atoms with Crippen LogP contribution in [0.5, 0.6) is 0 Å². The molecule has 2 amide bonds. The number of hydrogen-bond acceptors (Lipinski definition) is 3. The van der Waals surface area contributed by atoms with E-state index < -0.39 is 52.4 Å². The lowest BCUT2D eigenvalue weighted by Crippen LogP contribution is -2.63. The van der Waals surface area contributed by atoms with Crippen molar-refractivity contribution in [3.63, 3.8) is 0 Å². The Morgan fingerprint density at radius 3 is 2.47 bits per heavy atom. The highest BCUT2D eigenvalue weighted by Gasteiger charge is 2.67. The third kappa shape index (κ3) is 3.63. The van der Waals surface area contributed by atoms with Crippen molar-refractivity contribution in [1.82, 2.24) is 14.9 Å². The van der Waals surface area contributed by atoms with Gasteiger partial charge in [-0.3, -0.25) is 19.5 Å². The summed E-state index contributed by atoms with van der Waals surface area (Å²) in [6.07, 6.45) is -6.42. The molecule has 1 saturated carbocycles. The maximum atomic E-state index is 14.3. The third-order valence-electron chi connectivity index (χ3n) is 5.90. The molecular weight excluding hydrogens is 510 g/mol. The van der Waals surface area contributed by atoms with Crippen LogP contribution in [0.4, 0.5) is 32.3 Å². The zero-order valence-corrected chi connectivity index (χ0v) is 17.9. The van der Waals surface area contributed by atoms with E-state index in [4.69, 9.17) is 0 Å². The number of hydrogen-bond donors (Lipinski definition) is 2. The average molecular weight is 527 g/mol. The van der Waals surface area contributed by atoms with Crippen LogP contribution >= 0.6 is 15.9 Å². The molecule has 13 heteroatoms. The standard InChI is InChI=1S/C19H17BrF6N4O2/c20-10-7-11(18(21,22)23)14-12(8-10)30-16(27-14)28-15(32)17(30,19(24,25)26)29-13(31)6-5-9-3-1-2-4-9/h7-9H,1-6H2,(H,29,31)(H,27,28,32). The second kappa shape index (κ2) is 7.63. The van der Waals surface area contributed by atoms with Gasteiger partial charge in [0.05, 0.1) is 11.1 Å². The minimum absolute atomic E-state index is 0.164.